The zero-order chi connectivity index (χ0) is 19.5. The van der Waals surface area contributed by atoms with Gasteiger partial charge >= 0.3 is 0 Å². The molecule has 0 bridgehead atoms. The Labute approximate surface area is 165 Å². The molecule has 0 radical (unpaired) electrons. The van der Waals surface area contributed by atoms with E-state index in [0.717, 1.165) is 67.0 Å². The van der Waals surface area contributed by atoms with Gasteiger partial charge in [-0.2, -0.15) is 0 Å². The van der Waals surface area contributed by atoms with E-state index >= 15 is 0 Å². The van der Waals surface area contributed by atoms with Gasteiger partial charge in [-0.3, -0.25) is 0 Å². The average molecular weight is 380 g/mol. The third-order valence-corrected chi connectivity index (χ3v) is 5.38. The van der Waals surface area contributed by atoms with E-state index in [1.54, 1.807) is 10.7 Å². The van der Waals surface area contributed by atoms with Crippen molar-refractivity contribution in [3.05, 3.63) is 42.2 Å². The summed E-state index contributed by atoms with van der Waals surface area (Å²) in [6.07, 6.45) is 8.60. The highest BCUT2D eigenvalue weighted by Gasteiger charge is 2.27. The highest BCUT2D eigenvalue weighted by Crippen LogP contribution is 2.41. The van der Waals surface area contributed by atoms with Gasteiger partial charge in [0.15, 0.2) is 5.65 Å². The summed E-state index contributed by atoms with van der Waals surface area (Å²) in [5.74, 6) is 1.76. The monoisotopic (exact) mass is 380 g/mol. The number of anilines is 3. The second-order valence-corrected chi connectivity index (χ2v) is 7.48. The number of hydrogen-bond acceptors (Lipinski definition) is 6. The predicted octanol–water partition coefficient (Wildman–Crippen LogP) is 3.83. The molecule has 0 saturated heterocycles. The Bertz CT molecular complexity index is 928. The average Bonchev–Trinajstić information content (AvgIpc) is 3.17. The minimum absolute atomic E-state index is 0.285. The second kappa shape index (κ2) is 8.06. The van der Waals surface area contributed by atoms with Gasteiger partial charge in [-0.1, -0.05) is 6.92 Å². The first-order chi connectivity index (χ1) is 13.7. The lowest BCUT2D eigenvalue weighted by molar-refractivity contribution is 0.317. The van der Waals surface area contributed by atoms with Gasteiger partial charge in [0.05, 0.1) is 12.3 Å². The maximum absolute atomic E-state index is 6.39. The van der Waals surface area contributed by atoms with E-state index in [0.29, 0.717) is 11.7 Å². The fourth-order valence-electron chi connectivity index (χ4n) is 3.92. The molecule has 0 aliphatic heterocycles. The molecule has 0 atom stereocenters. The van der Waals surface area contributed by atoms with Crippen LogP contribution in [0.1, 0.15) is 50.5 Å². The summed E-state index contributed by atoms with van der Waals surface area (Å²) in [4.78, 5) is 4.52. The lowest BCUT2D eigenvalue weighted by Crippen LogP contribution is -2.26. The van der Waals surface area contributed by atoms with Crippen LogP contribution in [0.3, 0.4) is 0 Å². The van der Waals surface area contributed by atoms with Crippen LogP contribution in [-0.2, 0) is 0 Å². The second-order valence-electron chi connectivity index (χ2n) is 7.48. The van der Waals surface area contributed by atoms with E-state index in [1.165, 1.54) is 0 Å². The molecule has 3 aromatic rings. The van der Waals surface area contributed by atoms with Crippen molar-refractivity contribution in [3.63, 3.8) is 0 Å². The quantitative estimate of drug-likeness (QED) is 0.600. The molecule has 0 amide bonds. The number of nitrogens with one attached hydrogen (secondary N) is 1. The molecule has 2 aromatic heterocycles. The highest BCUT2D eigenvalue weighted by atomic mass is 16.5. The Morgan fingerprint density at radius 1 is 1.18 bits per heavy atom. The molecule has 4 rings (SSSR count). The minimum atomic E-state index is 0.285. The molecule has 1 saturated carbocycles. The number of imidazole rings is 1. The number of rotatable bonds is 6. The summed E-state index contributed by atoms with van der Waals surface area (Å²) in [5.41, 5.74) is 16.2. The molecule has 7 nitrogen and oxygen atoms in total. The van der Waals surface area contributed by atoms with E-state index in [4.69, 9.17) is 16.2 Å². The van der Waals surface area contributed by atoms with Crippen molar-refractivity contribution in [3.8, 4) is 5.75 Å². The van der Waals surface area contributed by atoms with Crippen molar-refractivity contribution in [2.75, 3.05) is 17.7 Å². The van der Waals surface area contributed by atoms with E-state index < -0.39 is 0 Å². The van der Waals surface area contributed by atoms with Gasteiger partial charge in [0.2, 0.25) is 0 Å². The standard InChI is InChI=1S/C21H28N6O/c1-2-13-28-17-9-7-16(8-10-17)25-19-18(14-3-5-15(22)6-4-14)20(23)26-27-12-11-24-21(19)27/h7-12,14-15,25H,2-6,13,22H2,1H3,(H2,23,26). The first-order valence-corrected chi connectivity index (χ1v) is 10.0. The van der Waals surface area contributed by atoms with Crippen LogP contribution in [0.4, 0.5) is 17.2 Å². The van der Waals surface area contributed by atoms with Crippen LogP contribution in [0.2, 0.25) is 0 Å². The number of ether oxygens (including phenoxy) is 1. The largest absolute Gasteiger partial charge is 0.494 e. The Hall–Kier alpha value is -2.80. The first kappa shape index (κ1) is 18.6. The molecule has 1 aliphatic rings. The third kappa shape index (κ3) is 3.75. The van der Waals surface area contributed by atoms with Gasteiger partial charge in [-0.05, 0) is 62.3 Å². The normalized spacial score (nSPS) is 19.6. The summed E-state index contributed by atoms with van der Waals surface area (Å²) in [6, 6.07) is 8.27. The predicted molar refractivity (Wildman–Crippen MR) is 112 cm³/mol. The zero-order valence-electron chi connectivity index (χ0n) is 16.3. The molecular weight excluding hydrogens is 352 g/mol. The zero-order valence-corrected chi connectivity index (χ0v) is 16.3. The molecule has 7 heteroatoms. The van der Waals surface area contributed by atoms with Crippen LogP contribution in [0.15, 0.2) is 36.7 Å². The van der Waals surface area contributed by atoms with Crippen molar-refractivity contribution in [2.24, 2.45) is 5.73 Å². The molecule has 0 spiro atoms. The number of fused-ring (bicyclic) bond motifs is 1. The molecule has 1 aromatic carbocycles. The molecule has 1 fully saturated rings. The van der Waals surface area contributed by atoms with Crippen molar-refractivity contribution < 1.29 is 4.74 Å². The SMILES string of the molecule is CCCOc1ccc(Nc2c(C3CCC(N)CC3)c(N)nn3ccnc23)cc1. The number of benzene rings is 1. The lowest BCUT2D eigenvalue weighted by atomic mass is 9.81. The molecule has 5 N–H and O–H groups in total. The summed E-state index contributed by atoms with van der Waals surface area (Å²) in [6.45, 7) is 2.82. The van der Waals surface area contributed by atoms with Crippen LogP contribution in [0.25, 0.3) is 5.65 Å². The highest BCUT2D eigenvalue weighted by molar-refractivity contribution is 5.80. The van der Waals surface area contributed by atoms with E-state index in [1.807, 2.05) is 30.5 Å². The van der Waals surface area contributed by atoms with E-state index in [2.05, 4.69) is 22.3 Å². The number of nitrogen functional groups attached to an aromatic ring is 1. The number of aromatic nitrogens is 3. The molecule has 2 heterocycles. The summed E-state index contributed by atoms with van der Waals surface area (Å²) in [7, 11) is 0. The molecule has 148 valence electrons. The van der Waals surface area contributed by atoms with Crippen LogP contribution in [0, 0.1) is 0 Å². The van der Waals surface area contributed by atoms with Crippen molar-refractivity contribution in [1.29, 1.82) is 0 Å². The Kier molecular flexibility index (Phi) is 5.34. The maximum atomic E-state index is 6.39. The fourth-order valence-corrected chi connectivity index (χ4v) is 3.92. The number of hydrogen-bond donors (Lipinski definition) is 3. The smallest absolute Gasteiger partial charge is 0.177 e. The Morgan fingerprint density at radius 3 is 2.64 bits per heavy atom. The van der Waals surface area contributed by atoms with Crippen molar-refractivity contribution in [1.82, 2.24) is 14.6 Å². The third-order valence-electron chi connectivity index (χ3n) is 5.38. The van der Waals surface area contributed by atoms with Gasteiger partial charge in [-0.15, -0.1) is 5.10 Å². The molecule has 28 heavy (non-hydrogen) atoms. The summed E-state index contributed by atoms with van der Waals surface area (Å²) < 4.78 is 7.41. The van der Waals surface area contributed by atoms with Gasteiger partial charge < -0.3 is 21.5 Å². The van der Waals surface area contributed by atoms with Crippen LogP contribution >= 0.6 is 0 Å². The van der Waals surface area contributed by atoms with Gasteiger partial charge in [-0.25, -0.2) is 9.50 Å². The van der Waals surface area contributed by atoms with Gasteiger partial charge in [0.1, 0.15) is 11.6 Å². The van der Waals surface area contributed by atoms with E-state index in [-0.39, 0.29) is 6.04 Å². The number of nitrogens with zero attached hydrogens (tertiary/aromatic N) is 3. The molecule has 0 unspecified atom stereocenters. The fraction of sp³-hybridized carbons (Fsp3) is 0.429. The number of nitrogens with two attached hydrogens (primary N) is 2. The van der Waals surface area contributed by atoms with Gasteiger partial charge in [0.25, 0.3) is 0 Å². The van der Waals surface area contributed by atoms with Gasteiger partial charge in [0, 0.05) is 29.7 Å². The topological polar surface area (TPSA) is 103 Å². The van der Waals surface area contributed by atoms with Crippen LogP contribution < -0.4 is 21.5 Å². The summed E-state index contributed by atoms with van der Waals surface area (Å²) >= 11 is 0. The Balaban J connectivity index is 1.68. The van der Waals surface area contributed by atoms with Crippen LogP contribution in [-0.4, -0.2) is 27.2 Å². The minimum Gasteiger partial charge on any atom is -0.494 e. The molecule has 1 aliphatic carbocycles. The molecular formula is C21H28N6O. The van der Waals surface area contributed by atoms with Crippen molar-refractivity contribution >= 4 is 22.8 Å². The summed E-state index contributed by atoms with van der Waals surface area (Å²) in [5, 5.41) is 8.06. The maximum Gasteiger partial charge on any atom is 0.177 e. The lowest BCUT2D eigenvalue weighted by Gasteiger charge is -2.28. The Morgan fingerprint density at radius 2 is 1.93 bits per heavy atom. The van der Waals surface area contributed by atoms with Crippen molar-refractivity contribution in [2.45, 2.75) is 51.0 Å². The van der Waals surface area contributed by atoms with E-state index in [9.17, 15) is 0 Å². The first-order valence-electron chi connectivity index (χ1n) is 10.0. The van der Waals surface area contributed by atoms with Crippen LogP contribution in [0.5, 0.6) is 5.75 Å².